The van der Waals surface area contributed by atoms with E-state index in [-0.39, 0.29) is 36.2 Å². The van der Waals surface area contributed by atoms with Gasteiger partial charge in [-0.15, -0.1) is 0 Å². The van der Waals surface area contributed by atoms with Gasteiger partial charge in [0, 0.05) is 26.1 Å². The van der Waals surface area contributed by atoms with Crippen LogP contribution in [0.5, 0.6) is 0 Å². The molecule has 2 aliphatic rings. The predicted molar refractivity (Wildman–Crippen MR) is 68.3 cm³/mol. The number of ether oxygens (including phenoxy) is 2. The normalized spacial score (nSPS) is 40.7. The molecule has 0 spiro atoms. The molecular weight excluding hydrogens is 232 g/mol. The third-order valence-electron chi connectivity index (χ3n) is 3.86. The molecule has 2 heterocycles. The van der Waals surface area contributed by atoms with Gasteiger partial charge in [0.1, 0.15) is 0 Å². The molecule has 18 heavy (non-hydrogen) atoms. The number of nitrogens with one attached hydrogen (secondary N) is 2. The molecule has 2 rings (SSSR count). The first-order valence-corrected chi connectivity index (χ1v) is 6.79. The van der Waals surface area contributed by atoms with Crippen LogP contribution in [0.4, 0.5) is 0 Å². The van der Waals surface area contributed by atoms with Gasteiger partial charge in [0.05, 0.1) is 24.4 Å². The summed E-state index contributed by atoms with van der Waals surface area (Å²) in [5.74, 6) is 0.217. The van der Waals surface area contributed by atoms with Crippen molar-refractivity contribution in [2.45, 2.75) is 51.0 Å². The van der Waals surface area contributed by atoms with Gasteiger partial charge in [-0.1, -0.05) is 0 Å². The molecule has 4 atom stereocenters. The molecule has 4 unspecified atom stereocenters. The van der Waals surface area contributed by atoms with Crippen LogP contribution in [0, 0.1) is 5.92 Å². The molecule has 0 aromatic heterocycles. The Morgan fingerprint density at radius 2 is 1.94 bits per heavy atom. The minimum absolute atomic E-state index is 0.0712. The van der Waals surface area contributed by atoms with Gasteiger partial charge < -0.3 is 20.1 Å². The molecule has 1 amide bonds. The molecule has 2 fully saturated rings. The summed E-state index contributed by atoms with van der Waals surface area (Å²) >= 11 is 0. The average Bonchev–Trinajstić information content (AvgIpc) is 2.75. The van der Waals surface area contributed by atoms with E-state index in [0.29, 0.717) is 0 Å². The number of methoxy groups -OCH3 is 1. The lowest BCUT2D eigenvalue weighted by molar-refractivity contribution is -0.134. The van der Waals surface area contributed by atoms with E-state index in [1.54, 1.807) is 7.11 Å². The van der Waals surface area contributed by atoms with E-state index in [9.17, 15) is 4.79 Å². The zero-order valence-electron chi connectivity index (χ0n) is 11.4. The second-order valence-electron chi connectivity index (χ2n) is 5.47. The van der Waals surface area contributed by atoms with E-state index >= 15 is 0 Å². The number of hydrogen-bond donors (Lipinski definition) is 2. The number of amides is 1. The zero-order chi connectivity index (χ0) is 13.1. The van der Waals surface area contributed by atoms with Crippen molar-refractivity contribution in [2.24, 2.45) is 5.92 Å². The van der Waals surface area contributed by atoms with Gasteiger partial charge in [0.25, 0.3) is 0 Å². The lowest BCUT2D eigenvalue weighted by atomic mass is 9.91. The maximum atomic E-state index is 12.3. The van der Waals surface area contributed by atoms with Crippen LogP contribution < -0.4 is 10.6 Å². The van der Waals surface area contributed by atoms with Crippen molar-refractivity contribution in [1.82, 2.24) is 10.6 Å². The Kier molecular flexibility index (Phi) is 4.59. The summed E-state index contributed by atoms with van der Waals surface area (Å²) in [7, 11) is 1.69. The lowest BCUT2D eigenvalue weighted by Crippen LogP contribution is -2.48. The van der Waals surface area contributed by atoms with E-state index in [2.05, 4.69) is 10.6 Å². The third-order valence-corrected chi connectivity index (χ3v) is 3.86. The van der Waals surface area contributed by atoms with Gasteiger partial charge in [-0.3, -0.25) is 4.79 Å². The van der Waals surface area contributed by atoms with Crippen LogP contribution in [-0.2, 0) is 14.3 Å². The van der Waals surface area contributed by atoms with Crippen molar-refractivity contribution in [2.75, 3.05) is 20.2 Å². The van der Waals surface area contributed by atoms with Gasteiger partial charge in [-0.05, 0) is 26.7 Å². The van der Waals surface area contributed by atoms with Gasteiger partial charge in [0.2, 0.25) is 5.91 Å². The molecule has 0 aromatic carbocycles. The van der Waals surface area contributed by atoms with Crippen molar-refractivity contribution in [3.63, 3.8) is 0 Å². The minimum Gasteiger partial charge on any atom is -0.378 e. The maximum absolute atomic E-state index is 12.3. The zero-order valence-corrected chi connectivity index (χ0v) is 11.4. The summed E-state index contributed by atoms with van der Waals surface area (Å²) in [6.07, 6.45) is 2.06. The minimum atomic E-state index is 0.0712. The first-order valence-electron chi connectivity index (χ1n) is 6.79. The van der Waals surface area contributed by atoms with E-state index in [4.69, 9.17) is 9.47 Å². The third kappa shape index (κ3) is 3.22. The fourth-order valence-corrected chi connectivity index (χ4v) is 2.97. The molecule has 5 heteroatoms. The van der Waals surface area contributed by atoms with E-state index in [1.165, 1.54) is 0 Å². The summed E-state index contributed by atoms with van der Waals surface area (Å²) in [6, 6.07) is 0.0935. The number of carbonyl (C=O) groups is 1. The van der Waals surface area contributed by atoms with Gasteiger partial charge in [-0.25, -0.2) is 0 Å². The number of rotatable bonds is 3. The van der Waals surface area contributed by atoms with Crippen LogP contribution in [0.25, 0.3) is 0 Å². The maximum Gasteiger partial charge on any atom is 0.223 e. The van der Waals surface area contributed by atoms with Crippen molar-refractivity contribution >= 4 is 5.91 Å². The molecule has 5 nitrogen and oxygen atoms in total. The van der Waals surface area contributed by atoms with E-state index in [1.807, 2.05) is 13.8 Å². The smallest absolute Gasteiger partial charge is 0.223 e. The second kappa shape index (κ2) is 5.99. The van der Waals surface area contributed by atoms with Crippen molar-refractivity contribution in [3.05, 3.63) is 0 Å². The highest BCUT2D eigenvalue weighted by Gasteiger charge is 2.33. The Morgan fingerprint density at radius 3 is 2.56 bits per heavy atom. The Hall–Kier alpha value is -0.650. The van der Waals surface area contributed by atoms with Crippen molar-refractivity contribution < 1.29 is 14.3 Å². The molecule has 2 saturated heterocycles. The highest BCUT2D eigenvalue weighted by atomic mass is 16.5. The summed E-state index contributed by atoms with van der Waals surface area (Å²) < 4.78 is 11.0. The van der Waals surface area contributed by atoms with Gasteiger partial charge in [0.15, 0.2) is 0 Å². The topological polar surface area (TPSA) is 59.6 Å². The van der Waals surface area contributed by atoms with Crippen LogP contribution in [0.1, 0.15) is 26.7 Å². The van der Waals surface area contributed by atoms with Crippen LogP contribution >= 0.6 is 0 Å². The average molecular weight is 256 g/mol. The monoisotopic (exact) mass is 256 g/mol. The summed E-state index contributed by atoms with van der Waals surface area (Å²) in [5.41, 5.74) is 0. The highest BCUT2D eigenvalue weighted by molar-refractivity contribution is 5.79. The Morgan fingerprint density at radius 1 is 1.28 bits per heavy atom. The van der Waals surface area contributed by atoms with Crippen LogP contribution in [0.3, 0.4) is 0 Å². The Labute approximate surface area is 109 Å². The van der Waals surface area contributed by atoms with E-state index in [0.717, 1.165) is 25.9 Å². The van der Waals surface area contributed by atoms with E-state index < -0.39 is 0 Å². The van der Waals surface area contributed by atoms with Crippen molar-refractivity contribution in [1.29, 1.82) is 0 Å². The summed E-state index contributed by atoms with van der Waals surface area (Å²) in [6.45, 7) is 5.66. The van der Waals surface area contributed by atoms with Gasteiger partial charge >= 0.3 is 0 Å². The molecule has 104 valence electrons. The van der Waals surface area contributed by atoms with Gasteiger partial charge in [-0.2, -0.15) is 0 Å². The highest BCUT2D eigenvalue weighted by Crippen LogP contribution is 2.25. The van der Waals surface area contributed by atoms with Crippen LogP contribution in [-0.4, -0.2) is 50.5 Å². The Bertz CT molecular complexity index is 288. The Balaban J connectivity index is 1.87. The quantitative estimate of drug-likeness (QED) is 0.762. The largest absolute Gasteiger partial charge is 0.378 e. The summed E-state index contributed by atoms with van der Waals surface area (Å²) in [5, 5.41) is 6.34. The molecule has 0 aliphatic carbocycles. The number of hydrogen-bond acceptors (Lipinski definition) is 4. The predicted octanol–water partition coefficient (Wildman–Crippen LogP) is 0.293. The molecule has 0 radical (unpaired) electrons. The standard InChI is InChI=1S/C13H24N2O3/c1-8-4-10(5-9(2)18-8)13(16)15-11-6-14-7-12(11)17-3/h8-12,14H,4-7H2,1-3H3,(H,15,16). The SMILES string of the molecule is COC1CNCC1NC(=O)C1CC(C)OC(C)C1. The molecule has 0 aromatic rings. The first kappa shape index (κ1) is 13.8. The van der Waals surface area contributed by atoms with Crippen LogP contribution in [0.2, 0.25) is 0 Å². The fourth-order valence-electron chi connectivity index (χ4n) is 2.97. The summed E-state index contributed by atoms with van der Waals surface area (Å²) in [4.78, 5) is 12.3. The first-order chi connectivity index (χ1) is 8.60. The van der Waals surface area contributed by atoms with Crippen molar-refractivity contribution in [3.8, 4) is 0 Å². The second-order valence-corrected chi connectivity index (χ2v) is 5.47. The number of carbonyl (C=O) groups excluding carboxylic acids is 1. The molecular formula is C13H24N2O3. The fraction of sp³-hybridized carbons (Fsp3) is 0.923. The van der Waals surface area contributed by atoms with Crippen LogP contribution in [0.15, 0.2) is 0 Å². The molecule has 0 bridgehead atoms. The molecule has 0 saturated carbocycles. The molecule has 2 aliphatic heterocycles. The lowest BCUT2D eigenvalue weighted by Gasteiger charge is -2.32. The molecule has 2 N–H and O–H groups in total.